The molecule has 0 unspecified atom stereocenters. The van der Waals surface area contributed by atoms with Crippen molar-refractivity contribution in [2.24, 2.45) is 0 Å². The summed E-state index contributed by atoms with van der Waals surface area (Å²) in [6, 6.07) is 23.7. The van der Waals surface area contributed by atoms with Crippen molar-refractivity contribution in [3.63, 3.8) is 0 Å². The third kappa shape index (κ3) is 3.06. The number of ketones is 1. The summed E-state index contributed by atoms with van der Waals surface area (Å²) in [5.41, 5.74) is 3.89. The van der Waals surface area contributed by atoms with Crippen molar-refractivity contribution in [3.05, 3.63) is 95.5 Å². The first-order valence-corrected chi connectivity index (χ1v) is 10.3. The molecule has 4 nitrogen and oxygen atoms in total. The molecule has 0 saturated carbocycles. The number of thiophene rings is 1. The summed E-state index contributed by atoms with van der Waals surface area (Å²) in [7, 11) is 0. The summed E-state index contributed by atoms with van der Waals surface area (Å²) in [5.74, 6) is 0.322. The standard InChI is InChI=1S/C25H17NO3S/c27-18-10-11-19-21(14-18)30-25(24(29)17-4-2-1-3-5-17)22(19)15-6-8-16(9-7-15)23-20(28)12-13-26-23/h1-14,26-28H. The summed E-state index contributed by atoms with van der Waals surface area (Å²) in [5, 5.41) is 20.8. The molecular weight excluding hydrogens is 394 g/mol. The van der Waals surface area contributed by atoms with Gasteiger partial charge in [-0.05, 0) is 29.8 Å². The Balaban J connectivity index is 1.68. The number of fused-ring (bicyclic) bond motifs is 1. The van der Waals surface area contributed by atoms with Gasteiger partial charge in [-0.25, -0.2) is 0 Å². The number of aromatic amines is 1. The van der Waals surface area contributed by atoms with Crippen LogP contribution in [-0.4, -0.2) is 21.0 Å². The van der Waals surface area contributed by atoms with Crippen molar-refractivity contribution in [1.82, 2.24) is 4.98 Å². The number of phenols is 1. The average molecular weight is 411 g/mol. The molecule has 0 bridgehead atoms. The van der Waals surface area contributed by atoms with E-state index in [0.717, 1.165) is 26.8 Å². The molecule has 0 aliphatic rings. The van der Waals surface area contributed by atoms with E-state index in [2.05, 4.69) is 4.98 Å². The highest BCUT2D eigenvalue weighted by molar-refractivity contribution is 7.21. The zero-order valence-electron chi connectivity index (χ0n) is 15.8. The lowest BCUT2D eigenvalue weighted by molar-refractivity contribution is 0.104. The van der Waals surface area contributed by atoms with Gasteiger partial charge < -0.3 is 15.2 Å². The highest BCUT2D eigenvalue weighted by Crippen LogP contribution is 2.42. The first-order chi connectivity index (χ1) is 14.6. The summed E-state index contributed by atoms with van der Waals surface area (Å²) in [6.45, 7) is 0. The maximum atomic E-state index is 13.3. The van der Waals surface area contributed by atoms with Crippen molar-refractivity contribution >= 4 is 27.2 Å². The molecule has 3 aromatic carbocycles. The van der Waals surface area contributed by atoms with Crippen LogP contribution in [0.1, 0.15) is 15.2 Å². The minimum atomic E-state index is -0.0441. The molecule has 5 rings (SSSR count). The Kier molecular flexibility index (Phi) is 4.38. The number of nitrogens with one attached hydrogen (secondary N) is 1. The van der Waals surface area contributed by atoms with E-state index in [-0.39, 0.29) is 17.3 Å². The molecular formula is C25H17NO3S. The molecule has 146 valence electrons. The van der Waals surface area contributed by atoms with Crippen LogP contribution >= 0.6 is 11.3 Å². The number of benzene rings is 3. The molecule has 0 amide bonds. The topological polar surface area (TPSA) is 73.3 Å². The zero-order valence-corrected chi connectivity index (χ0v) is 16.6. The van der Waals surface area contributed by atoms with E-state index in [4.69, 9.17) is 0 Å². The molecule has 2 aromatic heterocycles. The first-order valence-electron chi connectivity index (χ1n) is 9.44. The average Bonchev–Trinajstić information content (AvgIpc) is 3.37. The molecule has 5 heteroatoms. The predicted molar refractivity (Wildman–Crippen MR) is 120 cm³/mol. The molecule has 3 N–H and O–H groups in total. The molecule has 0 aliphatic heterocycles. The Morgan fingerprint density at radius 2 is 1.57 bits per heavy atom. The number of hydrogen-bond acceptors (Lipinski definition) is 4. The van der Waals surface area contributed by atoms with Crippen LogP contribution in [0.25, 0.3) is 32.5 Å². The zero-order chi connectivity index (χ0) is 20.7. The normalized spacial score (nSPS) is 11.1. The number of aromatic nitrogens is 1. The van der Waals surface area contributed by atoms with Gasteiger partial charge in [0, 0.05) is 33.0 Å². The molecule has 0 spiro atoms. The van der Waals surface area contributed by atoms with Crippen molar-refractivity contribution in [3.8, 4) is 33.9 Å². The van der Waals surface area contributed by atoms with Gasteiger partial charge >= 0.3 is 0 Å². The molecule has 0 aliphatic carbocycles. The van der Waals surface area contributed by atoms with E-state index in [9.17, 15) is 15.0 Å². The Morgan fingerprint density at radius 3 is 2.27 bits per heavy atom. The predicted octanol–water partition coefficient (Wildman–Crippen LogP) is 6.21. The van der Waals surface area contributed by atoms with Gasteiger partial charge in [0.05, 0.1) is 10.6 Å². The van der Waals surface area contributed by atoms with Crippen LogP contribution in [0.3, 0.4) is 0 Å². The van der Waals surface area contributed by atoms with Crippen molar-refractivity contribution < 1.29 is 15.0 Å². The molecule has 0 atom stereocenters. The van der Waals surface area contributed by atoms with Crippen LogP contribution in [0.4, 0.5) is 0 Å². The minimum absolute atomic E-state index is 0.0441. The second-order valence-corrected chi connectivity index (χ2v) is 8.05. The van der Waals surface area contributed by atoms with Crippen LogP contribution in [0.5, 0.6) is 11.5 Å². The van der Waals surface area contributed by atoms with Gasteiger partial charge in [0.25, 0.3) is 0 Å². The lowest BCUT2D eigenvalue weighted by Crippen LogP contribution is -2.00. The number of phenolic OH excluding ortho intramolecular Hbond substituents is 1. The van der Waals surface area contributed by atoms with E-state index in [1.54, 1.807) is 24.4 Å². The van der Waals surface area contributed by atoms with E-state index >= 15 is 0 Å². The van der Waals surface area contributed by atoms with E-state index in [1.165, 1.54) is 11.3 Å². The van der Waals surface area contributed by atoms with E-state index < -0.39 is 0 Å². The molecule has 30 heavy (non-hydrogen) atoms. The highest BCUT2D eigenvalue weighted by atomic mass is 32.1. The van der Waals surface area contributed by atoms with Crippen molar-refractivity contribution in [1.29, 1.82) is 0 Å². The smallest absolute Gasteiger partial charge is 0.203 e. The number of H-pyrrole nitrogens is 1. The number of hydrogen-bond donors (Lipinski definition) is 3. The lowest BCUT2D eigenvalue weighted by atomic mass is 9.97. The third-order valence-corrected chi connectivity index (χ3v) is 6.25. The summed E-state index contributed by atoms with van der Waals surface area (Å²) < 4.78 is 0.857. The van der Waals surface area contributed by atoms with Crippen LogP contribution in [0.15, 0.2) is 85.1 Å². The summed E-state index contributed by atoms with van der Waals surface area (Å²) in [6.07, 6.45) is 1.69. The largest absolute Gasteiger partial charge is 0.508 e. The summed E-state index contributed by atoms with van der Waals surface area (Å²) in [4.78, 5) is 17.0. The first kappa shape index (κ1) is 18.2. The molecule has 0 fully saturated rings. The Bertz CT molecular complexity index is 1370. The van der Waals surface area contributed by atoms with Gasteiger partial charge in [-0.3, -0.25) is 4.79 Å². The number of aromatic hydroxyl groups is 2. The van der Waals surface area contributed by atoms with Gasteiger partial charge in [-0.1, -0.05) is 54.6 Å². The second kappa shape index (κ2) is 7.21. The fraction of sp³-hybridized carbons (Fsp3) is 0. The molecule has 0 saturated heterocycles. The summed E-state index contributed by atoms with van der Waals surface area (Å²) >= 11 is 1.38. The van der Waals surface area contributed by atoms with Crippen LogP contribution in [0.2, 0.25) is 0 Å². The fourth-order valence-electron chi connectivity index (χ4n) is 3.65. The molecule has 0 radical (unpaired) electrons. The van der Waals surface area contributed by atoms with Gasteiger partial charge in [-0.2, -0.15) is 0 Å². The van der Waals surface area contributed by atoms with Crippen molar-refractivity contribution in [2.75, 3.05) is 0 Å². The fourth-order valence-corrected chi connectivity index (χ4v) is 4.87. The van der Waals surface area contributed by atoms with E-state index in [0.29, 0.717) is 16.1 Å². The SMILES string of the molecule is O=C(c1ccccc1)c1sc2cc(O)ccc2c1-c1ccc(-c2[nH]ccc2O)cc1. The third-order valence-electron chi connectivity index (χ3n) is 5.10. The number of carbonyl (C=O) groups excluding carboxylic acids is 1. The maximum Gasteiger partial charge on any atom is 0.203 e. The van der Waals surface area contributed by atoms with Gasteiger partial charge in [0.15, 0.2) is 0 Å². The number of rotatable bonds is 4. The van der Waals surface area contributed by atoms with E-state index in [1.807, 2.05) is 60.7 Å². The van der Waals surface area contributed by atoms with Crippen LogP contribution in [0, 0.1) is 0 Å². The maximum absolute atomic E-state index is 13.3. The van der Waals surface area contributed by atoms with Gasteiger partial charge in [-0.15, -0.1) is 11.3 Å². The highest BCUT2D eigenvalue weighted by Gasteiger charge is 2.21. The number of carbonyl (C=O) groups is 1. The van der Waals surface area contributed by atoms with Crippen LogP contribution < -0.4 is 0 Å². The monoisotopic (exact) mass is 411 g/mol. The van der Waals surface area contributed by atoms with Gasteiger partial charge in [0.2, 0.25) is 5.78 Å². The molecule has 5 aromatic rings. The quantitative estimate of drug-likeness (QED) is 0.308. The Hall–Kier alpha value is -3.83. The second-order valence-electron chi connectivity index (χ2n) is 7.00. The van der Waals surface area contributed by atoms with Crippen molar-refractivity contribution in [2.45, 2.75) is 0 Å². The van der Waals surface area contributed by atoms with Crippen LogP contribution in [-0.2, 0) is 0 Å². The molecule has 2 heterocycles. The minimum Gasteiger partial charge on any atom is -0.508 e. The Morgan fingerprint density at radius 1 is 0.833 bits per heavy atom. The Labute approximate surface area is 176 Å². The van der Waals surface area contributed by atoms with Gasteiger partial charge in [0.1, 0.15) is 11.5 Å². The lowest BCUT2D eigenvalue weighted by Gasteiger charge is -2.07.